The number of rotatable bonds is 0. The third-order valence-corrected chi connectivity index (χ3v) is 3.32. The molecule has 0 N–H and O–H groups in total. The highest BCUT2D eigenvalue weighted by molar-refractivity contribution is 7.15. The molecule has 1 aromatic heterocycles. The summed E-state index contributed by atoms with van der Waals surface area (Å²) in [7, 11) is 0. The molecular weight excluding hydrogens is 199 g/mol. The maximum Gasteiger partial charge on any atom is 0.112 e. The predicted molar refractivity (Wildman–Crippen MR) is 53.0 cm³/mol. The summed E-state index contributed by atoms with van der Waals surface area (Å²) in [5.41, 5.74) is 1.23. The van der Waals surface area contributed by atoms with Crippen LogP contribution in [0.5, 0.6) is 0 Å². The van der Waals surface area contributed by atoms with E-state index >= 15 is 0 Å². The van der Waals surface area contributed by atoms with Crippen LogP contribution < -0.4 is 0 Å². The average molecular weight is 209 g/mol. The summed E-state index contributed by atoms with van der Waals surface area (Å²) in [5, 5.41) is 2.73. The van der Waals surface area contributed by atoms with Gasteiger partial charge in [0, 0.05) is 0 Å². The van der Waals surface area contributed by atoms with Crippen molar-refractivity contribution < 1.29 is 0 Å². The van der Waals surface area contributed by atoms with Crippen LogP contribution in [0.15, 0.2) is 5.38 Å². The van der Waals surface area contributed by atoms with E-state index in [9.17, 15) is 0 Å². The topological polar surface area (TPSA) is 0 Å². The molecule has 0 aliphatic rings. The molecule has 3 heteroatoms. The lowest BCUT2D eigenvalue weighted by Gasteiger charge is -2.17. The van der Waals surface area contributed by atoms with E-state index in [4.69, 9.17) is 23.2 Å². The standard InChI is InChI=1S/C8H10Cl2S/c1-8(2,3)5-4-11-7(10)6(5)9/h4H,1-3H3. The summed E-state index contributed by atoms with van der Waals surface area (Å²) < 4.78 is 0.691. The first-order valence-electron chi connectivity index (χ1n) is 3.36. The van der Waals surface area contributed by atoms with Crippen molar-refractivity contribution in [3.63, 3.8) is 0 Å². The second-order valence-electron chi connectivity index (χ2n) is 3.49. The summed E-state index contributed by atoms with van der Waals surface area (Å²) in [5.74, 6) is 0. The van der Waals surface area contributed by atoms with Gasteiger partial charge < -0.3 is 0 Å². The molecule has 11 heavy (non-hydrogen) atoms. The lowest BCUT2D eigenvalue weighted by atomic mass is 9.89. The molecule has 0 unspecified atom stereocenters. The van der Waals surface area contributed by atoms with Gasteiger partial charge >= 0.3 is 0 Å². The van der Waals surface area contributed by atoms with E-state index in [1.165, 1.54) is 11.3 Å². The number of halogens is 2. The molecular formula is C8H10Cl2S. The van der Waals surface area contributed by atoms with Gasteiger partial charge in [0.05, 0.1) is 5.02 Å². The molecule has 0 nitrogen and oxygen atoms in total. The molecule has 1 aromatic rings. The molecule has 0 bridgehead atoms. The molecule has 1 rings (SSSR count). The molecule has 0 aromatic carbocycles. The Bertz CT molecular complexity index is 258. The van der Waals surface area contributed by atoms with Crippen molar-refractivity contribution in [1.29, 1.82) is 0 Å². The van der Waals surface area contributed by atoms with Gasteiger partial charge in [-0.25, -0.2) is 0 Å². The highest BCUT2D eigenvalue weighted by Gasteiger charge is 2.20. The van der Waals surface area contributed by atoms with Crippen molar-refractivity contribution in [3.05, 3.63) is 20.3 Å². The van der Waals surface area contributed by atoms with Crippen molar-refractivity contribution in [1.82, 2.24) is 0 Å². The Morgan fingerprint density at radius 2 is 1.82 bits per heavy atom. The molecule has 0 fully saturated rings. The van der Waals surface area contributed by atoms with Crippen LogP contribution >= 0.6 is 34.5 Å². The lowest BCUT2D eigenvalue weighted by molar-refractivity contribution is 0.593. The fourth-order valence-electron chi connectivity index (χ4n) is 0.826. The summed E-state index contributed by atoms with van der Waals surface area (Å²) in [4.78, 5) is 0. The Labute approximate surface area is 81.1 Å². The summed E-state index contributed by atoms with van der Waals surface area (Å²) in [6, 6.07) is 0. The maximum absolute atomic E-state index is 5.97. The molecule has 1 heterocycles. The third kappa shape index (κ3) is 1.90. The average Bonchev–Trinajstić information content (AvgIpc) is 2.11. The van der Waals surface area contributed by atoms with Gasteiger partial charge in [0.2, 0.25) is 0 Å². The zero-order valence-electron chi connectivity index (χ0n) is 6.74. The van der Waals surface area contributed by atoms with E-state index in [1.54, 1.807) is 0 Å². The molecule has 0 spiro atoms. The smallest absolute Gasteiger partial charge is 0.112 e. The molecule has 62 valence electrons. The van der Waals surface area contributed by atoms with Gasteiger partial charge in [-0.05, 0) is 16.4 Å². The quantitative estimate of drug-likeness (QED) is 0.595. The number of hydrogen-bond acceptors (Lipinski definition) is 1. The van der Waals surface area contributed by atoms with E-state index in [0.29, 0.717) is 9.36 Å². The van der Waals surface area contributed by atoms with Crippen molar-refractivity contribution in [2.24, 2.45) is 0 Å². The van der Waals surface area contributed by atoms with Crippen molar-refractivity contribution in [2.45, 2.75) is 26.2 Å². The van der Waals surface area contributed by atoms with Crippen LogP contribution in [0.2, 0.25) is 9.36 Å². The molecule has 0 aliphatic heterocycles. The van der Waals surface area contributed by atoms with E-state index in [2.05, 4.69) is 20.8 Å². The molecule has 0 saturated carbocycles. The molecule has 0 radical (unpaired) electrons. The SMILES string of the molecule is CC(C)(C)c1csc(Cl)c1Cl. The van der Waals surface area contributed by atoms with Gasteiger partial charge in [-0.2, -0.15) is 0 Å². The van der Waals surface area contributed by atoms with E-state index in [0.717, 1.165) is 5.56 Å². The predicted octanol–water partition coefficient (Wildman–Crippen LogP) is 4.35. The van der Waals surface area contributed by atoms with Gasteiger partial charge in [-0.1, -0.05) is 44.0 Å². The van der Waals surface area contributed by atoms with Crippen LogP contribution in [0, 0.1) is 0 Å². The van der Waals surface area contributed by atoms with E-state index < -0.39 is 0 Å². The molecule has 0 amide bonds. The number of hydrogen-bond donors (Lipinski definition) is 0. The Balaban J connectivity index is 3.15. The fourth-order valence-corrected chi connectivity index (χ4v) is 2.50. The van der Waals surface area contributed by atoms with Crippen molar-refractivity contribution >= 4 is 34.5 Å². The van der Waals surface area contributed by atoms with Crippen molar-refractivity contribution in [3.8, 4) is 0 Å². The summed E-state index contributed by atoms with van der Waals surface area (Å²) >= 11 is 13.3. The minimum absolute atomic E-state index is 0.0979. The first kappa shape index (κ1) is 9.37. The maximum atomic E-state index is 5.97. The highest BCUT2D eigenvalue weighted by Crippen LogP contribution is 2.38. The Kier molecular flexibility index (Phi) is 2.53. The van der Waals surface area contributed by atoms with Gasteiger partial charge in [-0.15, -0.1) is 11.3 Å². The second kappa shape index (κ2) is 2.96. The van der Waals surface area contributed by atoms with Gasteiger partial charge in [0.1, 0.15) is 4.34 Å². The molecule has 0 saturated heterocycles. The summed E-state index contributed by atoms with van der Waals surface area (Å²) in [6.45, 7) is 6.37. The number of thiophene rings is 1. The molecule has 0 atom stereocenters. The molecule has 0 aliphatic carbocycles. The largest absolute Gasteiger partial charge is 0.130 e. The zero-order valence-corrected chi connectivity index (χ0v) is 9.07. The minimum atomic E-state index is 0.0979. The van der Waals surface area contributed by atoms with Crippen LogP contribution in [0.25, 0.3) is 0 Å². The van der Waals surface area contributed by atoms with E-state index in [-0.39, 0.29) is 5.41 Å². The van der Waals surface area contributed by atoms with Crippen LogP contribution in [0.1, 0.15) is 26.3 Å². The Morgan fingerprint density at radius 1 is 1.27 bits per heavy atom. The van der Waals surface area contributed by atoms with Crippen LogP contribution in [-0.2, 0) is 5.41 Å². The highest BCUT2D eigenvalue weighted by atomic mass is 35.5. The van der Waals surface area contributed by atoms with Gasteiger partial charge in [-0.3, -0.25) is 0 Å². The van der Waals surface area contributed by atoms with E-state index in [1.807, 2.05) is 5.38 Å². The third-order valence-electron chi connectivity index (χ3n) is 1.50. The first-order valence-corrected chi connectivity index (χ1v) is 4.99. The fraction of sp³-hybridized carbons (Fsp3) is 0.500. The monoisotopic (exact) mass is 208 g/mol. The van der Waals surface area contributed by atoms with Crippen LogP contribution in [-0.4, -0.2) is 0 Å². The Morgan fingerprint density at radius 3 is 2.00 bits per heavy atom. The van der Waals surface area contributed by atoms with Crippen molar-refractivity contribution in [2.75, 3.05) is 0 Å². The summed E-state index contributed by atoms with van der Waals surface area (Å²) in [6.07, 6.45) is 0. The zero-order chi connectivity index (χ0) is 8.65. The van der Waals surface area contributed by atoms with Crippen LogP contribution in [0.3, 0.4) is 0 Å². The normalized spacial score (nSPS) is 12.1. The van der Waals surface area contributed by atoms with Gasteiger partial charge in [0.25, 0.3) is 0 Å². The first-order chi connectivity index (χ1) is 4.93. The second-order valence-corrected chi connectivity index (χ2v) is 5.35. The minimum Gasteiger partial charge on any atom is -0.130 e. The van der Waals surface area contributed by atoms with Crippen LogP contribution in [0.4, 0.5) is 0 Å². The lowest BCUT2D eigenvalue weighted by Crippen LogP contribution is -2.09. The van der Waals surface area contributed by atoms with Gasteiger partial charge in [0.15, 0.2) is 0 Å². The Hall–Kier alpha value is 0.280.